The molecule has 0 aliphatic carbocycles. The molecular weight excluding hydrogens is 354 g/mol. The van der Waals surface area contributed by atoms with E-state index in [1.165, 1.54) is 0 Å². The molecule has 0 aliphatic heterocycles. The summed E-state index contributed by atoms with van der Waals surface area (Å²) in [5, 5.41) is 9.47. The molecule has 0 saturated carbocycles. The Labute approximate surface area is 145 Å². The van der Waals surface area contributed by atoms with E-state index in [1.807, 2.05) is 56.3 Å². The third-order valence-electron chi connectivity index (χ3n) is 3.33. The van der Waals surface area contributed by atoms with Gasteiger partial charge in [-0.1, -0.05) is 29.8 Å². The Hall–Kier alpha value is -2.25. The van der Waals surface area contributed by atoms with Crippen molar-refractivity contribution in [3.63, 3.8) is 0 Å². The van der Waals surface area contributed by atoms with Gasteiger partial charge in [0.05, 0.1) is 29.8 Å². The third kappa shape index (κ3) is 4.14. The van der Waals surface area contributed by atoms with E-state index in [0.717, 1.165) is 21.2 Å². The zero-order valence-electron chi connectivity index (χ0n) is 13.4. The van der Waals surface area contributed by atoms with Crippen LogP contribution in [0.4, 0.5) is 0 Å². The standard InChI is InChI=1S/C19H18BrNO2/c1-4-23-18-11-14(10-17(20)19(18)22-3)9-16(12-21)15-7-5-13(2)6-8-15/h5-11H,4H2,1-3H3/b16-9+. The van der Waals surface area contributed by atoms with Gasteiger partial charge in [-0.15, -0.1) is 0 Å². The molecule has 0 fully saturated rings. The number of halogens is 1. The lowest BCUT2D eigenvalue weighted by Crippen LogP contribution is -1.96. The maximum Gasteiger partial charge on any atom is 0.174 e. The summed E-state index contributed by atoms with van der Waals surface area (Å²) in [5.74, 6) is 1.30. The number of rotatable bonds is 5. The molecule has 0 unspecified atom stereocenters. The fraction of sp³-hybridized carbons (Fsp3) is 0.211. The van der Waals surface area contributed by atoms with E-state index in [2.05, 4.69) is 22.0 Å². The molecule has 0 N–H and O–H groups in total. The first-order chi connectivity index (χ1) is 11.1. The Morgan fingerprint density at radius 2 is 1.96 bits per heavy atom. The summed E-state index contributed by atoms with van der Waals surface area (Å²) < 4.78 is 11.8. The molecule has 0 amide bonds. The normalized spacial score (nSPS) is 11.0. The summed E-state index contributed by atoms with van der Waals surface area (Å²) in [5.41, 5.74) is 3.53. The van der Waals surface area contributed by atoms with Crippen molar-refractivity contribution in [2.45, 2.75) is 13.8 Å². The number of methoxy groups -OCH3 is 1. The molecule has 2 rings (SSSR count). The smallest absolute Gasteiger partial charge is 0.174 e. The average molecular weight is 372 g/mol. The summed E-state index contributed by atoms with van der Waals surface area (Å²) in [4.78, 5) is 0. The van der Waals surface area contributed by atoms with E-state index < -0.39 is 0 Å². The molecule has 0 aliphatic rings. The number of hydrogen-bond acceptors (Lipinski definition) is 3. The Balaban J connectivity index is 2.48. The van der Waals surface area contributed by atoms with Crippen LogP contribution in [-0.2, 0) is 0 Å². The second kappa shape index (κ2) is 7.85. The minimum atomic E-state index is 0.541. The molecule has 0 aromatic heterocycles. The zero-order valence-corrected chi connectivity index (χ0v) is 15.0. The first-order valence-corrected chi connectivity index (χ1v) is 8.07. The van der Waals surface area contributed by atoms with Crippen LogP contribution in [0.3, 0.4) is 0 Å². The number of allylic oxidation sites excluding steroid dienone is 1. The lowest BCUT2D eigenvalue weighted by atomic mass is 10.0. The van der Waals surface area contributed by atoms with Crippen molar-refractivity contribution in [2.24, 2.45) is 0 Å². The minimum Gasteiger partial charge on any atom is -0.492 e. The number of ether oxygens (including phenoxy) is 2. The molecule has 4 heteroatoms. The van der Waals surface area contributed by atoms with Crippen LogP contribution in [0.25, 0.3) is 11.6 Å². The largest absolute Gasteiger partial charge is 0.492 e. The van der Waals surface area contributed by atoms with Gasteiger partial charge in [0.15, 0.2) is 11.5 Å². The highest BCUT2D eigenvalue weighted by molar-refractivity contribution is 9.10. The van der Waals surface area contributed by atoms with Gasteiger partial charge in [0.2, 0.25) is 0 Å². The van der Waals surface area contributed by atoms with Gasteiger partial charge in [-0.05, 0) is 59.1 Å². The second-order valence-corrected chi connectivity index (χ2v) is 5.86. The number of hydrogen-bond donors (Lipinski definition) is 0. The molecule has 3 nitrogen and oxygen atoms in total. The molecule has 0 radical (unpaired) electrons. The molecule has 0 heterocycles. The topological polar surface area (TPSA) is 42.2 Å². The third-order valence-corrected chi connectivity index (χ3v) is 3.92. The molecule has 118 valence electrons. The lowest BCUT2D eigenvalue weighted by molar-refractivity contribution is 0.310. The number of benzene rings is 2. The molecule has 23 heavy (non-hydrogen) atoms. The van der Waals surface area contributed by atoms with Gasteiger partial charge in [-0.3, -0.25) is 0 Å². The van der Waals surface area contributed by atoms with E-state index in [9.17, 15) is 5.26 Å². The highest BCUT2D eigenvalue weighted by atomic mass is 79.9. The van der Waals surface area contributed by atoms with E-state index in [4.69, 9.17) is 9.47 Å². The molecule has 2 aromatic carbocycles. The van der Waals surface area contributed by atoms with E-state index in [-0.39, 0.29) is 0 Å². The fourth-order valence-electron chi connectivity index (χ4n) is 2.21. The number of nitrogens with zero attached hydrogens (tertiary/aromatic N) is 1. The molecule has 0 bridgehead atoms. The maximum atomic E-state index is 9.47. The van der Waals surface area contributed by atoms with Crippen molar-refractivity contribution in [2.75, 3.05) is 13.7 Å². The zero-order chi connectivity index (χ0) is 16.8. The van der Waals surface area contributed by atoms with Crippen LogP contribution in [0.1, 0.15) is 23.6 Å². The van der Waals surface area contributed by atoms with Gasteiger partial charge < -0.3 is 9.47 Å². The van der Waals surface area contributed by atoms with Crippen LogP contribution in [0.5, 0.6) is 11.5 Å². The second-order valence-electron chi connectivity index (χ2n) is 5.00. The van der Waals surface area contributed by atoms with Gasteiger partial charge in [0.1, 0.15) is 0 Å². The molecule has 0 saturated heterocycles. The molecular formula is C19H18BrNO2. The first-order valence-electron chi connectivity index (χ1n) is 7.28. The predicted molar refractivity (Wildman–Crippen MR) is 96.5 cm³/mol. The van der Waals surface area contributed by atoms with Gasteiger partial charge in [-0.2, -0.15) is 5.26 Å². The Morgan fingerprint density at radius 3 is 2.52 bits per heavy atom. The van der Waals surface area contributed by atoms with Crippen LogP contribution >= 0.6 is 15.9 Å². The molecule has 0 atom stereocenters. The maximum absolute atomic E-state index is 9.47. The predicted octanol–water partition coefficient (Wildman–Crippen LogP) is 5.23. The number of nitriles is 1. The minimum absolute atomic E-state index is 0.541. The summed E-state index contributed by atoms with van der Waals surface area (Å²) in [6, 6.07) is 13.9. The van der Waals surface area contributed by atoms with Crippen LogP contribution in [0.15, 0.2) is 40.9 Å². The SMILES string of the molecule is CCOc1cc(/C=C(\C#N)c2ccc(C)cc2)cc(Br)c1OC. The quantitative estimate of drug-likeness (QED) is 0.533. The summed E-state index contributed by atoms with van der Waals surface area (Å²) >= 11 is 3.49. The Bertz CT molecular complexity index is 758. The van der Waals surface area contributed by atoms with Crippen molar-refractivity contribution < 1.29 is 9.47 Å². The van der Waals surface area contributed by atoms with E-state index >= 15 is 0 Å². The van der Waals surface area contributed by atoms with Gasteiger partial charge in [0.25, 0.3) is 0 Å². The van der Waals surface area contributed by atoms with Crippen molar-refractivity contribution in [1.82, 2.24) is 0 Å². The number of aryl methyl sites for hydroxylation is 1. The van der Waals surface area contributed by atoms with Gasteiger partial charge >= 0.3 is 0 Å². The van der Waals surface area contributed by atoms with Crippen molar-refractivity contribution in [3.8, 4) is 17.6 Å². The fourth-order valence-corrected chi connectivity index (χ4v) is 2.83. The monoisotopic (exact) mass is 371 g/mol. The lowest BCUT2D eigenvalue weighted by Gasteiger charge is -2.12. The van der Waals surface area contributed by atoms with Crippen molar-refractivity contribution >= 4 is 27.6 Å². The van der Waals surface area contributed by atoms with E-state index in [0.29, 0.717) is 23.7 Å². The Morgan fingerprint density at radius 1 is 1.26 bits per heavy atom. The summed E-state index contributed by atoms with van der Waals surface area (Å²) in [6.45, 7) is 4.48. The van der Waals surface area contributed by atoms with Gasteiger partial charge in [0, 0.05) is 0 Å². The summed E-state index contributed by atoms with van der Waals surface area (Å²) in [7, 11) is 1.60. The van der Waals surface area contributed by atoms with E-state index in [1.54, 1.807) is 7.11 Å². The summed E-state index contributed by atoms with van der Waals surface area (Å²) in [6.07, 6.45) is 1.84. The van der Waals surface area contributed by atoms with Crippen LogP contribution < -0.4 is 9.47 Å². The molecule has 2 aromatic rings. The van der Waals surface area contributed by atoms with Gasteiger partial charge in [-0.25, -0.2) is 0 Å². The first kappa shape index (κ1) is 17.1. The highest BCUT2D eigenvalue weighted by Crippen LogP contribution is 2.37. The van der Waals surface area contributed by atoms with Crippen molar-refractivity contribution in [3.05, 3.63) is 57.6 Å². The van der Waals surface area contributed by atoms with Crippen molar-refractivity contribution in [1.29, 1.82) is 5.26 Å². The van der Waals surface area contributed by atoms with Crippen LogP contribution in [-0.4, -0.2) is 13.7 Å². The van der Waals surface area contributed by atoms with Crippen LogP contribution in [0.2, 0.25) is 0 Å². The average Bonchev–Trinajstić information content (AvgIpc) is 2.54. The molecule has 0 spiro atoms. The van der Waals surface area contributed by atoms with Crippen LogP contribution in [0, 0.1) is 18.3 Å². The Kier molecular flexibility index (Phi) is 5.84. The highest BCUT2D eigenvalue weighted by Gasteiger charge is 2.11.